The van der Waals surface area contributed by atoms with Crippen molar-refractivity contribution in [1.29, 1.82) is 0 Å². The summed E-state index contributed by atoms with van der Waals surface area (Å²) in [5.74, 6) is -1.26. The second kappa shape index (κ2) is 8.47. The summed E-state index contributed by atoms with van der Waals surface area (Å²) in [6.45, 7) is 9.13. The first kappa shape index (κ1) is 21.8. The fourth-order valence-electron chi connectivity index (χ4n) is 3.65. The van der Waals surface area contributed by atoms with Crippen molar-refractivity contribution >= 4 is 11.8 Å². The lowest BCUT2D eigenvalue weighted by Gasteiger charge is -2.41. The zero-order valence-corrected chi connectivity index (χ0v) is 17.6. The molecular formula is C22H26FN3O4. The minimum atomic E-state index is -1.45. The largest absolute Gasteiger partial charge is 0.468 e. The molecule has 8 heteroatoms. The smallest absolute Gasteiger partial charge is 0.322 e. The van der Waals surface area contributed by atoms with E-state index in [0.717, 1.165) is 5.56 Å². The molecule has 0 amide bonds. The highest BCUT2D eigenvalue weighted by molar-refractivity contribution is 6.13. The molecule has 1 aliphatic rings. The van der Waals surface area contributed by atoms with Crippen molar-refractivity contribution < 1.29 is 23.5 Å². The molecule has 0 N–H and O–H groups in total. The average Bonchev–Trinajstić information content (AvgIpc) is 3.17. The zero-order valence-electron chi connectivity index (χ0n) is 17.6. The second-order valence-corrected chi connectivity index (χ2v) is 7.84. The van der Waals surface area contributed by atoms with Gasteiger partial charge in [-0.3, -0.25) is 9.59 Å². The van der Waals surface area contributed by atoms with Gasteiger partial charge in [0.1, 0.15) is 5.82 Å². The molecule has 2 heterocycles. The maximum absolute atomic E-state index is 13.7. The molecule has 7 nitrogen and oxygen atoms in total. The monoisotopic (exact) mass is 415 g/mol. The molecule has 1 aromatic heterocycles. The van der Waals surface area contributed by atoms with Gasteiger partial charge in [-0.1, -0.05) is 23.9 Å². The van der Waals surface area contributed by atoms with Crippen LogP contribution in [0.1, 0.15) is 37.1 Å². The van der Waals surface area contributed by atoms with Gasteiger partial charge in [0.2, 0.25) is 0 Å². The van der Waals surface area contributed by atoms with Crippen LogP contribution in [-0.2, 0) is 32.0 Å². The lowest BCUT2D eigenvalue weighted by atomic mass is 9.72. The van der Waals surface area contributed by atoms with Crippen LogP contribution in [0.15, 0.2) is 36.5 Å². The summed E-state index contributed by atoms with van der Waals surface area (Å²) in [5.41, 5.74) is 0.860. The third-order valence-corrected chi connectivity index (χ3v) is 5.71. The average molecular weight is 415 g/mol. The van der Waals surface area contributed by atoms with Crippen molar-refractivity contribution in [3.05, 3.63) is 59.2 Å². The molecule has 1 fully saturated rings. The minimum Gasteiger partial charge on any atom is -0.468 e. The molecule has 160 valence electrons. The first-order valence-electron chi connectivity index (χ1n) is 9.78. The molecule has 0 spiro atoms. The molecule has 3 rings (SSSR count). The van der Waals surface area contributed by atoms with Gasteiger partial charge in [-0.15, -0.1) is 5.10 Å². The number of ether oxygens (including phenoxy) is 2. The molecular weight excluding hydrogens is 389 g/mol. The molecule has 1 aliphatic heterocycles. The first-order valence-corrected chi connectivity index (χ1v) is 9.78. The van der Waals surface area contributed by atoms with E-state index in [0.29, 0.717) is 30.6 Å². The van der Waals surface area contributed by atoms with Gasteiger partial charge in [-0.2, -0.15) is 0 Å². The number of halogens is 1. The normalized spacial score (nSPS) is 24.2. The maximum Gasteiger partial charge on any atom is 0.322 e. The summed E-state index contributed by atoms with van der Waals surface area (Å²) in [7, 11) is 1.25. The Morgan fingerprint density at radius 3 is 2.83 bits per heavy atom. The Labute approximate surface area is 174 Å². The van der Waals surface area contributed by atoms with Crippen LogP contribution in [-0.4, -0.2) is 46.1 Å². The number of methoxy groups -OCH3 is 1. The highest BCUT2D eigenvalue weighted by Gasteiger charge is 2.54. The summed E-state index contributed by atoms with van der Waals surface area (Å²) in [6, 6.07) is 5.05. The number of hydrogen-bond donors (Lipinski definition) is 0. The fraction of sp³-hybridized carbons (Fsp3) is 0.455. The summed E-state index contributed by atoms with van der Waals surface area (Å²) < 4.78 is 26.2. The Kier molecular flexibility index (Phi) is 6.17. The zero-order chi connectivity index (χ0) is 22.1. The van der Waals surface area contributed by atoms with Gasteiger partial charge in [-0.25, -0.2) is 9.07 Å². The van der Waals surface area contributed by atoms with Crippen LogP contribution < -0.4 is 0 Å². The number of Topliss-reactive ketones (excluding diaryl/α,β-unsaturated/α-hetero) is 1. The molecule has 3 unspecified atom stereocenters. The Bertz CT molecular complexity index is 987. The standard InChI is InChI=1S/C22H26FN3O4/c1-13-6-7-16(10-18(13)23)11-26-12-17(24-25-26)8-9-19-22(4,21(28)29-5)20(27)14(2)15(3)30-19/h6-7,10,12,15,19H,2,8-9,11H2,1,3-5H3. The Morgan fingerprint density at radius 1 is 1.43 bits per heavy atom. The number of nitrogens with zero attached hydrogens (tertiary/aromatic N) is 3. The topological polar surface area (TPSA) is 83.3 Å². The number of aryl methyl sites for hydroxylation is 2. The Hall–Kier alpha value is -2.87. The van der Waals surface area contributed by atoms with E-state index in [1.807, 2.05) is 6.07 Å². The molecule has 1 saturated heterocycles. The predicted octanol–water partition coefficient (Wildman–Crippen LogP) is 2.80. The van der Waals surface area contributed by atoms with Crippen LogP contribution in [0.5, 0.6) is 0 Å². The quantitative estimate of drug-likeness (QED) is 0.410. The summed E-state index contributed by atoms with van der Waals surface area (Å²) in [4.78, 5) is 25.2. The van der Waals surface area contributed by atoms with E-state index in [4.69, 9.17) is 9.47 Å². The van der Waals surface area contributed by atoms with Crippen LogP contribution in [0, 0.1) is 18.2 Å². The lowest BCUT2D eigenvalue weighted by molar-refractivity contribution is -0.175. The van der Waals surface area contributed by atoms with Crippen LogP contribution in [0.4, 0.5) is 4.39 Å². The van der Waals surface area contributed by atoms with E-state index >= 15 is 0 Å². The van der Waals surface area contributed by atoms with Gasteiger partial charge < -0.3 is 9.47 Å². The van der Waals surface area contributed by atoms with Crippen molar-refractivity contribution in [2.45, 2.75) is 52.4 Å². The van der Waals surface area contributed by atoms with E-state index in [-0.39, 0.29) is 17.2 Å². The number of benzene rings is 1. The molecule has 30 heavy (non-hydrogen) atoms. The summed E-state index contributed by atoms with van der Waals surface area (Å²) in [6.07, 6.45) is 1.45. The fourth-order valence-corrected chi connectivity index (χ4v) is 3.65. The van der Waals surface area contributed by atoms with Crippen molar-refractivity contribution in [2.75, 3.05) is 7.11 Å². The number of rotatable bonds is 6. The molecule has 3 atom stereocenters. The molecule has 1 aromatic carbocycles. The lowest BCUT2D eigenvalue weighted by Crippen LogP contribution is -2.55. The molecule has 0 saturated carbocycles. The van der Waals surface area contributed by atoms with Crippen LogP contribution in [0.25, 0.3) is 0 Å². The van der Waals surface area contributed by atoms with Crippen molar-refractivity contribution in [3.8, 4) is 0 Å². The number of esters is 1. The van der Waals surface area contributed by atoms with Crippen molar-refractivity contribution in [3.63, 3.8) is 0 Å². The number of aromatic nitrogens is 3. The second-order valence-electron chi connectivity index (χ2n) is 7.84. The minimum absolute atomic E-state index is 0.259. The van der Waals surface area contributed by atoms with Gasteiger partial charge in [0.25, 0.3) is 0 Å². The third-order valence-electron chi connectivity index (χ3n) is 5.71. The highest BCUT2D eigenvalue weighted by Crippen LogP contribution is 2.39. The number of carbonyl (C=O) groups excluding carboxylic acids is 2. The van der Waals surface area contributed by atoms with Gasteiger partial charge in [0.15, 0.2) is 11.2 Å². The van der Waals surface area contributed by atoms with E-state index < -0.39 is 23.6 Å². The molecule has 0 aliphatic carbocycles. The summed E-state index contributed by atoms with van der Waals surface area (Å²) in [5, 5.41) is 8.24. The van der Waals surface area contributed by atoms with Gasteiger partial charge >= 0.3 is 5.97 Å². The summed E-state index contributed by atoms with van der Waals surface area (Å²) >= 11 is 0. The SMILES string of the molecule is C=C1C(=O)C(C)(C(=O)OC)C(CCc2cn(Cc3ccc(C)c(F)c3)nn2)OC1C. The molecule has 0 radical (unpaired) electrons. The van der Waals surface area contributed by atoms with Gasteiger partial charge in [-0.05, 0) is 50.8 Å². The highest BCUT2D eigenvalue weighted by atomic mass is 19.1. The van der Waals surface area contributed by atoms with E-state index in [1.165, 1.54) is 20.1 Å². The third kappa shape index (κ3) is 4.05. The Morgan fingerprint density at radius 2 is 2.17 bits per heavy atom. The van der Waals surface area contributed by atoms with Crippen LogP contribution in [0.3, 0.4) is 0 Å². The van der Waals surface area contributed by atoms with E-state index in [1.54, 1.807) is 30.8 Å². The molecule has 2 aromatic rings. The molecule has 0 bridgehead atoms. The number of hydrogen-bond acceptors (Lipinski definition) is 6. The van der Waals surface area contributed by atoms with Crippen LogP contribution >= 0.6 is 0 Å². The Balaban J connectivity index is 1.71. The van der Waals surface area contributed by atoms with Crippen LogP contribution in [0.2, 0.25) is 0 Å². The van der Waals surface area contributed by atoms with Crippen molar-refractivity contribution in [2.24, 2.45) is 5.41 Å². The van der Waals surface area contributed by atoms with E-state index in [2.05, 4.69) is 16.9 Å². The number of carbonyl (C=O) groups is 2. The first-order chi connectivity index (χ1) is 14.2. The van der Waals surface area contributed by atoms with Gasteiger partial charge in [0.05, 0.1) is 31.6 Å². The number of ketones is 1. The maximum atomic E-state index is 13.7. The van der Waals surface area contributed by atoms with E-state index in [9.17, 15) is 14.0 Å². The predicted molar refractivity (Wildman–Crippen MR) is 107 cm³/mol. The van der Waals surface area contributed by atoms with Crippen molar-refractivity contribution in [1.82, 2.24) is 15.0 Å². The van der Waals surface area contributed by atoms with Gasteiger partial charge in [0, 0.05) is 11.8 Å².